The fourth-order valence-electron chi connectivity index (χ4n) is 3.72. The number of rotatable bonds is 7. The Bertz CT molecular complexity index is 530. The van der Waals surface area contributed by atoms with Crippen LogP contribution in [-0.4, -0.2) is 0 Å². The fourth-order valence-corrected chi connectivity index (χ4v) is 3.72. The lowest BCUT2D eigenvalue weighted by Gasteiger charge is -2.26. The highest BCUT2D eigenvalue weighted by molar-refractivity contribution is 5.38. The van der Waals surface area contributed by atoms with Gasteiger partial charge in [0.2, 0.25) is 0 Å². The van der Waals surface area contributed by atoms with E-state index >= 15 is 0 Å². The van der Waals surface area contributed by atoms with Crippen molar-refractivity contribution in [3.05, 3.63) is 47.5 Å². The molecule has 0 amide bonds. The van der Waals surface area contributed by atoms with E-state index in [1.54, 1.807) is 0 Å². The Morgan fingerprint density at radius 1 is 0.958 bits per heavy atom. The monoisotopic (exact) mass is 322 g/mol. The third kappa shape index (κ3) is 6.96. The molecule has 0 heteroatoms. The number of unbranched alkanes of at least 4 members (excludes halogenated alkanes) is 2. The standard InChI is InChI=1S/C24H34/c1-3-5-6-10-22-17-19-24(20-18-22)12-8-7-11-23-15-13-21(9-4-2)14-16-23/h7,11,17-21,23H,3-6,9-10,13-16H2,1-2H3. The molecule has 0 spiro atoms. The third-order valence-electron chi connectivity index (χ3n) is 5.28. The second-order valence-corrected chi connectivity index (χ2v) is 7.35. The lowest BCUT2D eigenvalue weighted by molar-refractivity contribution is 0.294. The maximum Gasteiger partial charge on any atom is 0.0249 e. The Labute approximate surface area is 149 Å². The van der Waals surface area contributed by atoms with E-state index in [-0.39, 0.29) is 0 Å². The number of benzene rings is 1. The summed E-state index contributed by atoms with van der Waals surface area (Å²) in [5, 5.41) is 0. The van der Waals surface area contributed by atoms with Crippen LogP contribution in [0.2, 0.25) is 0 Å². The molecule has 1 fully saturated rings. The molecule has 1 aliphatic rings. The molecule has 0 atom stereocenters. The molecule has 130 valence electrons. The molecule has 1 aromatic rings. The zero-order chi connectivity index (χ0) is 17.0. The molecular formula is C24H34. The molecule has 1 aromatic carbocycles. The van der Waals surface area contributed by atoms with Crippen molar-refractivity contribution in [1.82, 2.24) is 0 Å². The minimum Gasteiger partial charge on any atom is -0.0730 e. The molecular weight excluding hydrogens is 288 g/mol. The quantitative estimate of drug-likeness (QED) is 0.377. The molecule has 24 heavy (non-hydrogen) atoms. The van der Waals surface area contributed by atoms with Crippen LogP contribution >= 0.6 is 0 Å². The van der Waals surface area contributed by atoms with Crippen molar-refractivity contribution < 1.29 is 0 Å². The highest BCUT2D eigenvalue weighted by atomic mass is 14.2. The number of aryl methyl sites for hydroxylation is 1. The normalized spacial score (nSPS) is 20.8. The second kappa shape index (κ2) is 11.1. The van der Waals surface area contributed by atoms with E-state index in [1.807, 2.05) is 0 Å². The summed E-state index contributed by atoms with van der Waals surface area (Å²) in [5.74, 6) is 8.24. The Morgan fingerprint density at radius 2 is 1.71 bits per heavy atom. The minimum absolute atomic E-state index is 0.758. The van der Waals surface area contributed by atoms with Gasteiger partial charge in [-0.2, -0.15) is 0 Å². The predicted octanol–water partition coefficient (Wildman–Crippen LogP) is 6.93. The van der Waals surface area contributed by atoms with Crippen LogP contribution < -0.4 is 0 Å². The molecule has 0 aliphatic heterocycles. The summed E-state index contributed by atoms with van der Waals surface area (Å²) in [6.07, 6.45) is 17.8. The third-order valence-corrected chi connectivity index (χ3v) is 5.28. The average molecular weight is 323 g/mol. The van der Waals surface area contributed by atoms with Gasteiger partial charge in [-0.3, -0.25) is 0 Å². The van der Waals surface area contributed by atoms with Crippen LogP contribution in [0.4, 0.5) is 0 Å². The van der Waals surface area contributed by atoms with Crippen molar-refractivity contribution in [1.29, 1.82) is 0 Å². The van der Waals surface area contributed by atoms with Gasteiger partial charge in [-0.25, -0.2) is 0 Å². The molecule has 0 radical (unpaired) electrons. The van der Waals surface area contributed by atoms with Gasteiger partial charge < -0.3 is 0 Å². The largest absolute Gasteiger partial charge is 0.0730 e. The summed E-state index contributed by atoms with van der Waals surface area (Å²) in [6, 6.07) is 8.80. The molecule has 1 saturated carbocycles. The smallest absolute Gasteiger partial charge is 0.0249 e. The van der Waals surface area contributed by atoms with Crippen molar-refractivity contribution in [3.8, 4) is 11.8 Å². The highest BCUT2D eigenvalue weighted by Crippen LogP contribution is 2.31. The summed E-state index contributed by atoms with van der Waals surface area (Å²) in [4.78, 5) is 0. The highest BCUT2D eigenvalue weighted by Gasteiger charge is 2.18. The van der Waals surface area contributed by atoms with Gasteiger partial charge in [0.1, 0.15) is 0 Å². The van der Waals surface area contributed by atoms with Crippen molar-refractivity contribution >= 4 is 0 Å². The van der Waals surface area contributed by atoms with Gasteiger partial charge in [-0.15, -0.1) is 0 Å². The summed E-state index contributed by atoms with van der Waals surface area (Å²) in [5.41, 5.74) is 2.57. The first kappa shape index (κ1) is 18.9. The first-order chi connectivity index (χ1) is 11.8. The summed E-state index contributed by atoms with van der Waals surface area (Å²) in [6.45, 7) is 4.56. The molecule has 0 N–H and O–H groups in total. The summed E-state index contributed by atoms with van der Waals surface area (Å²) < 4.78 is 0. The Kier molecular flexibility index (Phi) is 8.75. The zero-order valence-electron chi connectivity index (χ0n) is 15.7. The SMILES string of the molecule is CCCCCc1ccc(C#CC=CC2CCC(CCC)CC2)cc1. The van der Waals surface area contributed by atoms with Crippen LogP contribution in [0.1, 0.15) is 82.8 Å². The Hall–Kier alpha value is -1.48. The van der Waals surface area contributed by atoms with Crippen molar-refractivity contribution in [2.75, 3.05) is 0 Å². The molecule has 0 unspecified atom stereocenters. The maximum atomic E-state index is 3.27. The predicted molar refractivity (Wildman–Crippen MR) is 106 cm³/mol. The van der Waals surface area contributed by atoms with E-state index in [2.05, 4.69) is 62.1 Å². The fraction of sp³-hybridized carbons (Fsp3) is 0.583. The molecule has 0 aromatic heterocycles. The minimum atomic E-state index is 0.758. The van der Waals surface area contributed by atoms with Gasteiger partial charge in [-0.1, -0.05) is 69.6 Å². The second-order valence-electron chi connectivity index (χ2n) is 7.35. The van der Waals surface area contributed by atoms with Gasteiger partial charge >= 0.3 is 0 Å². The van der Waals surface area contributed by atoms with E-state index in [0.717, 1.165) is 17.4 Å². The van der Waals surface area contributed by atoms with Crippen molar-refractivity contribution in [3.63, 3.8) is 0 Å². The van der Waals surface area contributed by atoms with Crippen molar-refractivity contribution in [2.24, 2.45) is 11.8 Å². The van der Waals surface area contributed by atoms with Crippen LogP contribution in [-0.2, 0) is 6.42 Å². The van der Waals surface area contributed by atoms with Crippen molar-refractivity contribution in [2.45, 2.75) is 78.1 Å². The van der Waals surface area contributed by atoms with Crippen LogP contribution in [0, 0.1) is 23.7 Å². The van der Waals surface area contributed by atoms with E-state index < -0.39 is 0 Å². The maximum absolute atomic E-state index is 3.27. The zero-order valence-corrected chi connectivity index (χ0v) is 15.7. The Balaban J connectivity index is 1.74. The van der Waals surface area contributed by atoms with Gasteiger partial charge in [0.15, 0.2) is 0 Å². The van der Waals surface area contributed by atoms with Crippen LogP contribution in [0.3, 0.4) is 0 Å². The molecule has 2 rings (SSSR count). The van der Waals surface area contributed by atoms with Crippen LogP contribution in [0.15, 0.2) is 36.4 Å². The number of hydrogen-bond donors (Lipinski definition) is 0. The van der Waals surface area contributed by atoms with Crippen LogP contribution in [0.25, 0.3) is 0 Å². The van der Waals surface area contributed by atoms with Crippen LogP contribution in [0.5, 0.6) is 0 Å². The summed E-state index contributed by atoms with van der Waals surface area (Å²) >= 11 is 0. The first-order valence-electron chi connectivity index (χ1n) is 10.1. The topological polar surface area (TPSA) is 0 Å². The van der Waals surface area contributed by atoms with E-state index in [9.17, 15) is 0 Å². The Morgan fingerprint density at radius 3 is 2.38 bits per heavy atom. The molecule has 0 bridgehead atoms. The van der Waals surface area contributed by atoms with Gasteiger partial charge in [0.05, 0.1) is 0 Å². The molecule has 0 heterocycles. The summed E-state index contributed by atoms with van der Waals surface area (Å²) in [7, 11) is 0. The first-order valence-corrected chi connectivity index (χ1v) is 10.1. The van der Waals surface area contributed by atoms with E-state index in [4.69, 9.17) is 0 Å². The lowest BCUT2D eigenvalue weighted by Crippen LogP contribution is -2.12. The van der Waals surface area contributed by atoms with Gasteiger partial charge in [-0.05, 0) is 74.1 Å². The van der Waals surface area contributed by atoms with Gasteiger partial charge in [0.25, 0.3) is 0 Å². The number of allylic oxidation sites excluding steroid dienone is 2. The van der Waals surface area contributed by atoms with E-state index in [0.29, 0.717) is 0 Å². The lowest BCUT2D eigenvalue weighted by atomic mass is 9.80. The molecule has 0 saturated heterocycles. The van der Waals surface area contributed by atoms with E-state index in [1.165, 1.54) is 69.8 Å². The molecule has 1 aliphatic carbocycles. The number of hydrogen-bond acceptors (Lipinski definition) is 0. The average Bonchev–Trinajstić information content (AvgIpc) is 2.62. The molecule has 0 nitrogen and oxygen atoms in total. The van der Waals surface area contributed by atoms with Gasteiger partial charge in [0, 0.05) is 5.56 Å².